The van der Waals surface area contributed by atoms with Gasteiger partial charge in [0.2, 0.25) is 0 Å². The third kappa shape index (κ3) is 5.26. The topological polar surface area (TPSA) is 55.4 Å². The number of esters is 1. The SMILES string of the molecule is COCCOC(=O)C[O]. The molecule has 0 saturated heterocycles. The van der Waals surface area contributed by atoms with E-state index < -0.39 is 12.6 Å². The Morgan fingerprint density at radius 2 is 2.11 bits per heavy atom. The molecule has 0 unspecified atom stereocenters. The number of methoxy groups -OCH3 is 1. The molecule has 0 bridgehead atoms. The highest BCUT2D eigenvalue weighted by atomic mass is 16.6. The highest BCUT2D eigenvalue weighted by molar-refractivity contribution is 5.70. The fourth-order valence-corrected chi connectivity index (χ4v) is 0.281. The van der Waals surface area contributed by atoms with E-state index in [1.165, 1.54) is 7.11 Å². The first kappa shape index (κ1) is 8.39. The van der Waals surface area contributed by atoms with Gasteiger partial charge in [-0.15, -0.1) is 0 Å². The predicted octanol–water partition coefficient (Wildman–Crippen LogP) is -0.393. The van der Waals surface area contributed by atoms with Gasteiger partial charge < -0.3 is 9.47 Å². The average Bonchev–Trinajstić information content (AvgIpc) is 1.89. The van der Waals surface area contributed by atoms with Crippen LogP contribution in [-0.2, 0) is 19.4 Å². The molecule has 0 spiro atoms. The highest BCUT2D eigenvalue weighted by Crippen LogP contribution is 1.76. The lowest BCUT2D eigenvalue weighted by atomic mass is 10.7. The molecule has 0 amide bonds. The number of carbonyl (C=O) groups is 1. The van der Waals surface area contributed by atoms with Crippen LogP contribution in [0.4, 0.5) is 0 Å². The van der Waals surface area contributed by atoms with Crippen molar-refractivity contribution in [2.24, 2.45) is 0 Å². The second kappa shape index (κ2) is 5.53. The van der Waals surface area contributed by atoms with Gasteiger partial charge in [-0.1, -0.05) is 0 Å². The van der Waals surface area contributed by atoms with Crippen molar-refractivity contribution in [3.8, 4) is 0 Å². The standard InChI is InChI=1S/C5H9O4/c1-8-2-3-9-5(7)4-6/h2-4H2,1H3. The molecule has 0 aliphatic carbocycles. The molecule has 0 aliphatic heterocycles. The first-order valence-corrected chi connectivity index (χ1v) is 2.54. The lowest BCUT2D eigenvalue weighted by Gasteiger charge is -1.98. The maximum Gasteiger partial charge on any atom is 0.335 e. The van der Waals surface area contributed by atoms with Gasteiger partial charge in [0, 0.05) is 7.11 Å². The molecule has 0 N–H and O–H groups in total. The summed E-state index contributed by atoms with van der Waals surface area (Å²) in [6.45, 7) is -0.312. The fraction of sp³-hybridized carbons (Fsp3) is 0.800. The smallest absolute Gasteiger partial charge is 0.335 e. The Hall–Kier alpha value is -0.610. The molecular weight excluding hydrogens is 124 g/mol. The number of hydrogen-bond acceptors (Lipinski definition) is 3. The van der Waals surface area contributed by atoms with Gasteiger partial charge in [-0.05, 0) is 0 Å². The molecule has 9 heavy (non-hydrogen) atoms. The van der Waals surface area contributed by atoms with Crippen LogP contribution < -0.4 is 0 Å². The van der Waals surface area contributed by atoms with E-state index in [2.05, 4.69) is 9.47 Å². The van der Waals surface area contributed by atoms with Gasteiger partial charge >= 0.3 is 5.97 Å². The van der Waals surface area contributed by atoms with Gasteiger partial charge in [-0.3, -0.25) is 0 Å². The molecule has 0 heterocycles. The lowest BCUT2D eigenvalue weighted by Crippen LogP contribution is -2.11. The Bertz CT molecular complexity index is 81.0. The average molecular weight is 133 g/mol. The summed E-state index contributed by atoms with van der Waals surface area (Å²) in [4.78, 5) is 10.1. The van der Waals surface area contributed by atoms with Crippen molar-refractivity contribution in [3.63, 3.8) is 0 Å². The molecule has 0 saturated carbocycles. The van der Waals surface area contributed by atoms with Gasteiger partial charge in [0.15, 0.2) is 6.61 Å². The van der Waals surface area contributed by atoms with Crippen molar-refractivity contribution >= 4 is 5.97 Å². The zero-order valence-corrected chi connectivity index (χ0v) is 5.25. The van der Waals surface area contributed by atoms with Crippen LogP contribution in [0.15, 0.2) is 0 Å². The minimum absolute atomic E-state index is 0.164. The van der Waals surface area contributed by atoms with Crippen LogP contribution in [0.3, 0.4) is 0 Å². The van der Waals surface area contributed by atoms with Crippen LogP contribution >= 0.6 is 0 Å². The van der Waals surface area contributed by atoms with E-state index in [1.54, 1.807) is 0 Å². The van der Waals surface area contributed by atoms with Gasteiger partial charge in [-0.25, -0.2) is 9.90 Å². The Kier molecular flexibility index (Phi) is 5.15. The summed E-state index contributed by atoms with van der Waals surface area (Å²) in [5.41, 5.74) is 0. The molecule has 0 aliphatic rings. The molecule has 0 aromatic heterocycles. The minimum atomic E-state index is -0.816. The molecular formula is C5H9O4. The number of carbonyl (C=O) groups excluding carboxylic acids is 1. The number of hydrogen-bond donors (Lipinski definition) is 0. The Labute approximate surface area is 53.4 Å². The van der Waals surface area contributed by atoms with Crippen LogP contribution in [0.5, 0.6) is 0 Å². The molecule has 0 aromatic carbocycles. The van der Waals surface area contributed by atoms with E-state index in [-0.39, 0.29) is 6.61 Å². The second-order valence-electron chi connectivity index (χ2n) is 1.36. The van der Waals surface area contributed by atoms with Gasteiger partial charge in [0.1, 0.15) is 6.61 Å². The van der Waals surface area contributed by atoms with E-state index in [0.29, 0.717) is 6.61 Å². The van der Waals surface area contributed by atoms with Crippen molar-refractivity contribution in [2.45, 2.75) is 0 Å². The molecule has 0 aromatic rings. The van der Waals surface area contributed by atoms with Crippen LogP contribution in [0.25, 0.3) is 0 Å². The van der Waals surface area contributed by atoms with Crippen LogP contribution in [0.1, 0.15) is 0 Å². The van der Waals surface area contributed by atoms with E-state index in [4.69, 9.17) is 0 Å². The Balaban J connectivity index is 2.97. The molecule has 0 atom stereocenters. The minimum Gasteiger partial charge on any atom is -0.461 e. The zero-order valence-electron chi connectivity index (χ0n) is 5.25. The van der Waals surface area contributed by atoms with Crippen molar-refractivity contribution in [2.75, 3.05) is 26.9 Å². The number of ether oxygens (including phenoxy) is 2. The van der Waals surface area contributed by atoms with Crippen molar-refractivity contribution in [3.05, 3.63) is 0 Å². The second-order valence-corrected chi connectivity index (χ2v) is 1.36. The monoisotopic (exact) mass is 133 g/mol. The summed E-state index contributed by atoms with van der Waals surface area (Å²) >= 11 is 0. The molecule has 4 heteroatoms. The normalized spacial score (nSPS) is 9.11. The number of rotatable bonds is 4. The summed E-state index contributed by atoms with van der Waals surface area (Å²) in [6.07, 6.45) is 0. The maximum atomic E-state index is 10.1. The van der Waals surface area contributed by atoms with Crippen molar-refractivity contribution < 1.29 is 19.4 Å². The largest absolute Gasteiger partial charge is 0.461 e. The van der Waals surface area contributed by atoms with E-state index >= 15 is 0 Å². The van der Waals surface area contributed by atoms with Crippen LogP contribution in [0, 0.1) is 0 Å². The highest BCUT2D eigenvalue weighted by Gasteiger charge is 1.97. The lowest BCUT2D eigenvalue weighted by molar-refractivity contribution is -0.150. The summed E-state index contributed by atoms with van der Waals surface area (Å²) in [5, 5.41) is 9.71. The van der Waals surface area contributed by atoms with E-state index in [1.807, 2.05) is 0 Å². The molecule has 53 valence electrons. The Morgan fingerprint density at radius 1 is 1.44 bits per heavy atom. The summed E-state index contributed by atoms with van der Waals surface area (Å²) in [5.74, 6) is -0.730. The van der Waals surface area contributed by atoms with Crippen molar-refractivity contribution in [1.82, 2.24) is 0 Å². The summed E-state index contributed by atoms with van der Waals surface area (Å²) < 4.78 is 8.91. The van der Waals surface area contributed by atoms with Gasteiger partial charge in [-0.2, -0.15) is 0 Å². The van der Waals surface area contributed by atoms with Crippen LogP contribution in [0.2, 0.25) is 0 Å². The summed E-state index contributed by atoms with van der Waals surface area (Å²) in [7, 11) is 1.49. The zero-order chi connectivity index (χ0) is 7.11. The quantitative estimate of drug-likeness (QED) is 0.387. The van der Waals surface area contributed by atoms with Gasteiger partial charge in [0.05, 0.1) is 6.61 Å². The summed E-state index contributed by atoms with van der Waals surface area (Å²) in [6, 6.07) is 0. The first-order chi connectivity index (χ1) is 4.31. The molecule has 0 fully saturated rings. The van der Waals surface area contributed by atoms with E-state index in [9.17, 15) is 9.90 Å². The van der Waals surface area contributed by atoms with E-state index in [0.717, 1.165) is 0 Å². The maximum absolute atomic E-state index is 10.1. The van der Waals surface area contributed by atoms with Crippen molar-refractivity contribution in [1.29, 1.82) is 0 Å². The predicted molar refractivity (Wildman–Crippen MR) is 28.4 cm³/mol. The van der Waals surface area contributed by atoms with Gasteiger partial charge in [0.25, 0.3) is 0 Å². The first-order valence-electron chi connectivity index (χ1n) is 2.54. The Morgan fingerprint density at radius 3 is 2.56 bits per heavy atom. The molecule has 1 radical (unpaired) electrons. The third-order valence-corrected chi connectivity index (χ3v) is 0.668. The van der Waals surface area contributed by atoms with Crippen LogP contribution in [-0.4, -0.2) is 32.9 Å². The third-order valence-electron chi connectivity index (χ3n) is 0.668. The molecule has 4 nitrogen and oxygen atoms in total. The molecule has 0 rings (SSSR count). The fourth-order valence-electron chi connectivity index (χ4n) is 0.281.